The minimum absolute atomic E-state index is 0.222. The standard InChI is InChI=1S/C20H21NO5S/c22-19(21-12-5-4-11-18(21)20(23)24)16-8-6-7-15(13-16)14-27(25,26)17-9-2-1-3-10-17/h1-3,6-10,13,18H,4-5,11-12,14H2,(H,23,24). The Bertz CT molecular complexity index is 940. The van der Waals surface area contributed by atoms with Gasteiger partial charge in [-0.3, -0.25) is 4.79 Å². The van der Waals surface area contributed by atoms with Gasteiger partial charge in [-0.25, -0.2) is 13.2 Å². The first kappa shape index (κ1) is 19.1. The number of sulfone groups is 1. The molecule has 1 heterocycles. The molecule has 0 saturated carbocycles. The summed E-state index contributed by atoms with van der Waals surface area (Å²) < 4.78 is 25.1. The number of hydrogen-bond donors (Lipinski definition) is 1. The van der Waals surface area contributed by atoms with E-state index in [0.29, 0.717) is 24.1 Å². The number of aliphatic carboxylic acids is 1. The van der Waals surface area contributed by atoms with Crippen molar-refractivity contribution < 1.29 is 23.1 Å². The highest BCUT2D eigenvalue weighted by Gasteiger charge is 2.32. The number of carbonyl (C=O) groups is 2. The first-order valence-corrected chi connectivity index (χ1v) is 10.4. The number of carbonyl (C=O) groups excluding carboxylic acids is 1. The maximum atomic E-state index is 12.8. The third-order valence-corrected chi connectivity index (χ3v) is 6.39. The predicted octanol–water partition coefficient (Wildman–Crippen LogP) is 2.74. The average Bonchev–Trinajstić information content (AvgIpc) is 2.68. The number of likely N-dealkylation sites (tertiary alicyclic amines) is 1. The smallest absolute Gasteiger partial charge is 0.326 e. The van der Waals surface area contributed by atoms with Crippen molar-refractivity contribution in [2.45, 2.75) is 36.0 Å². The minimum Gasteiger partial charge on any atom is -0.480 e. The molecule has 1 aliphatic rings. The van der Waals surface area contributed by atoms with E-state index in [9.17, 15) is 23.1 Å². The first-order chi connectivity index (χ1) is 12.9. The van der Waals surface area contributed by atoms with Crippen LogP contribution in [0.4, 0.5) is 0 Å². The molecular weight excluding hydrogens is 366 g/mol. The van der Waals surface area contributed by atoms with Crippen molar-refractivity contribution in [3.05, 3.63) is 65.7 Å². The van der Waals surface area contributed by atoms with Gasteiger partial charge in [0.05, 0.1) is 10.6 Å². The molecule has 0 bridgehead atoms. The molecule has 7 heteroatoms. The second-order valence-electron chi connectivity index (χ2n) is 6.62. The van der Waals surface area contributed by atoms with Crippen LogP contribution >= 0.6 is 0 Å². The molecule has 27 heavy (non-hydrogen) atoms. The molecule has 3 rings (SSSR count). The molecule has 1 saturated heterocycles. The van der Waals surface area contributed by atoms with E-state index in [4.69, 9.17) is 0 Å². The Labute approximate surface area is 158 Å². The number of carboxylic acid groups (broad SMARTS) is 1. The van der Waals surface area contributed by atoms with Crippen LogP contribution in [0.25, 0.3) is 0 Å². The molecule has 0 radical (unpaired) electrons. The van der Waals surface area contributed by atoms with Crippen LogP contribution in [0.3, 0.4) is 0 Å². The highest BCUT2D eigenvalue weighted by molar-refractivity contribution is 7.90. The topological polar surface area (TPSA) is 91.8 Å². The Hall–Kier alpha value is -2.67. The lowest BCUT2D eigenvalue weighted by Crippen LogP contribution is -2.48. The van der Waals surface area contributed by atoms with Gasteiger partial charge >= 0.3 is 5.97 Å². The number of benzene rings is 2. The highest BCUT2D eigenvalue weighted by Crippen LogP contribution is 2.22. The second kappa shape index (κ2) is 7.92. The summed E-state index contributed by atoms with van der Waals surface area (Å²) in [5.41, 5.74) is 0.803. The van der Waals surface area contributed by atoms with Crippen molar-refractivity contribution in [2.24, 2.45) is 0 Å². The fourth-order valence-corrected chi connectivity index (χ4v) is 4.68. The Kier molecular flexibility index (Phi) is 5.60. The molecule has 2 aromatic carbocycles. The fourth-order valence-electron chi connectivity index (χ4n) is 3.32. The van der Waals surface area contributed by atoms with Crippen LogP contribution in [0.5, 0.6) is 0 Å². The van der Waals surface area contributed by atoms with Gasteiger partial charge in [-0.05, 0) is 49.1 Å². The van der Waals surface area contributed by atoms with E-state index in [1.165, 1.54) is 23.1 Å². The summed E-state index contributed by atoms with van der Waals surface area (Å²) in [6, 6.07) is 13.7. The van der Waals surface area contributed by atoms with Gasteiger partial charge < -0.3 is 10.0 Å². The van der Waals surface area contributed by atoms with Gasteiger partial charge in [0, 0.05) is 12.1 Å². The zero-order chi connectivity index (χ0) is 19.4. The van der Waals surface area contributed by atoms with Gasteiger partial charge in [0.2, 0.25) is 0 Å². The van der Waals surface area contributed by atoms with Crippen molar-refractivity contribution in [1.29, 1.82) is 0 Å². The number of rotatable bonds is 5. The molecule has 0 aromatic heterocycles. The lowest BCUT2D eigenvalue weighted by molar-refractivity contribution is -0.143. The molecule has 0 aliphatic carbocycles. The maximum absolute atomic E-state index is 12.8. The van der Waals surface area contributed by atoms with Crippen LogP contribution in [0.15, 0.2) is 59.5 Å². The third-order valence-electron chi connectivity index (χ3n) is 4.68. The zero-order valence-electron chi connectivity index (χ0n) is 14.7. The quantitative estimate of drug-likeness (QED) is 0.852. The van der Waals surface area contributed by atoms with E-state index in [1.807, 2.05) is 0 Å². The van der Waals surface area contributed by atoms with Gasteiger partial charge in [-0.2, -0.15) is 0 Å². The van der Waals surface area contributed by atoms with Gasteiger partial charge in [0.15, 0.2) is 9.84 Å². The van der Waals surface area contributed by atoms with E-state index in [-0.39, 0.29) is 16.6 Å². The van der Waals surface area contributed by atoms with Gasteiger partial charge in [0.25, 0.3) is 5.91 Å². The molecule has 1 amide bonds. The van der Waals surface area contributed by atoms with Gasteiger partial charge in [-0.1, -0.05) is 30.3 Å². The van der Waals surface area contributed by atoms with Crippen LogP contribution in [-0.4, -0.2) is 42.9 Å². The number of piperidine rings is 1. The molecule has 1 aliphatic heterocycles. The molecule has 1 atom stereocenters. The third kappa shape index (κ3) is 4.36. The van der Waals surface area contributed by atoms with E-state index < -0.39 is 21.8 Å². The molecular formula is C20H21NO5S. The normalized spacial score (nSPS) is 17.5. The van der Waals surface area contributed by atoms with Crippen molar-refractivity contribution >= 4 is 21.7 Å². The summed E-state index contributed by atoms with van der Waals surface area (Å²) in [4.78, 5) is 25.9. The van der Waals surface area contributed by atoms with Crippen LogP contribution in [0.1, 0.15) is 35.2 Å². The highest BCUT2D eigenvalue weighted by atomic mass is 32.2. The average molecular weight is 387 g/mol. The lowest BCUT2D eigenvalue weighted by Gasteiger charge is -2.33. The van der Waals surface area contributed by atoms with Crippen LogP contribution in [-0.2, 0) is 20.4 Å². The predicted molar refractivity (Wildman–Crippen MR) is 100 cm³/mol. The van der Waals surface area contributed by atoms with Crippen LogP contribution in [0.2, 0.25) is 0 Å². The minimum atomic E-state index is -3.52. The summed E-state index contributed by atoms with van der Waals surface area (Å²) in [5.74, 6) is -1.60. The maximum Gasteiger partial charge on any atom is 0.326 e. The molecule has 1 fully saturated rings. The number of nitrogens with zero attached hydrogens (tertiary/aromatic N) is 1. The largest absolute Gasteiger partial charge is 0.480 e. The van der Waals surface area contributed by atoms with Gasteiger partial charge in [-0.15, -0.1) is 0 Å². The summed E-state index contributed by atoms with van der Waals surface area (Å²) in [5, 5.41) is 9.36. The Morgan fingerprint density at radius 2 is 1.78 bits per heavy atom. The van der Waals surface area contributed by atoms with E-state index >= 15 is 0 Å². The molecule has 0 spiro atoms. The summed E-state index contributed by atoms with van der Waals surface area (Å²) >= 11 is 0. The number of carboxylic acids is 1. The second-order valence-corrected chi connectivity index (χ2v) is 8.61. The number of hydrogen-bond acceptors (Lipinski definition) is 4. The summed E-state index contributed by atoms with van der Waals surface area (Å²) in [6.45, 7) is 0.391. The Morgan fingerprint density at radius 1 is 1.04 bits per heavy atom. The van der Waals surface area contributed by atoms with E-state index in [0.717, 1.165) is 12.8 Å². The van der Waals surface area contributed by atoms with Crippen molar-refractivity contribution in [2.75, 3.05) is 6.54 Å². The SMILES string of the molecule is O=C(O)C1CCCCN1C(=O)c1cccc(CS(=O)(=O)c2ccccc2)c1. The molecule has 2 aromatic rings. The summed E-state index contributed by atoms with van der Waals surface area (Å²) in [7, 11) is -3.52. The van der Waals surface area contributed by atoms with E-state index in [2.05, 4.69) is 0 Å². The molecule has 6 nitrogen and oxygen atoms in total. The van der Waals surface area contributed by atoms with Gasteiger partial charge in [0.1, 0.15) is 6.04 Å². The lowest BCUT2D eigenvalue weighted by atomic mass is 10.0. The van der Waals surface area contributed by atoms with Crippen LogP contribution < -0.4 is 0 Å². The van der Waals surface area contributed by atoms with E-state index in [1.54, 1.807) is 36.4 Å². The molecule has 1 unspecified atom stereocenters. The monoisotopic (exact) mass is 387 g/mol. The van der Waals surface area contributed by atoms with Crippen LogP contribution in [0, 0.1) is 0 Å². The summed E-state index contributed by atoms with van der Waals surface area (Å²) in [6.07, 6.45) is 1.97. The van der Waals surface area contributed by atoms with Crippen molar-refractivity contribution in [3.63, 3.8) is 0 Å². The van der Waals surface area contributed by atoms with Crippen molar-refractivity contribution in [3.8, 4) is 0 Å². The Morgan fingerprint density at radius 3 is 2.48 bits per heavy atom. The molecule has 142 valence electrons. The fraction of sp³-hybridized carbons (Fsp3) is 0.300. The first-order valence-electron chi connectivity index (χ1n) is 8.79. The zero-order valence-corrected chi connectivity index (χ0v) is 15.6. The van der Waals surface area contributed by atoms with Crippen molar-refractivity contribution in [1.82, 2.24) is 4.90 Å². The number of amides is 1. The molecule has 1 N–H and O–H groups in total. The Balaban J connectivity index is 1.83.